The van der Waals surface area contributed by atoms with Crippen molar-refractivity contribution >= 4 is 5.97 Å². The van der Waals surface area contributed by atoms with Crippen LogP contribution in [0.15, 0.2) is 12.2 Å². The van der Waals surface area contributed by atoms with E-state index in [9.17, 15) is 4.79 Å². The number of carbonyl (C=O) groups is 1. The number of carbonyl (C=O) groups excluding carboxylic acids is 1. The summed E-state index contributed by atoms with van der Waals surface area (Å²) in [6.45, 7) is 7.49. The largest absolute Gasteiger partial charge is 0.432 e. The van der Waals surface area contributed by atoms with Gasteiger partial charge in [-0.3, -0.25) is 0 Å². The molecule has 0 saturated carbocycles. The minimum Gasteiger partial charge on any atom is -0.432 e. The molecule has 0 aliphatic carbocycles. The molecule has 0 radical (unpaired) electrons. The Morgan fingerprint density at radius 1 is 1.42 bits per heavy atom. The first-order valence-electron chi connectivity index (χ1n) is 4.24. The van der Waals surface area contributed by atoms with E-state index >= 15 is 0 Å². The van der Waals surface area contributed by atoms with E-state index in [2.05, 4.69) is 6.58 Å². The van der Waals surface area contributed by atoms with Crippen molar-refractivity contribution in [2.45, 2.75) is 39.1 Å². The second kappa shape index (κ2) is 3.72. The Balaban J connectivity index is 2.64. The van der Waals surface area contributed by atoms with Crippen LogP contribution in [0.5, 0.6) is 0 Å². The molecule has 0 amide bonds. The number of esters is 1. The van der Waals surface area contributed by atoms with Crippen molar-refractivity contribution in [3.05, 3.63) is 12.2 Å². The molecule has 2 atom stereocenters. The zero-order valence-electron chi connectivity index (χ0n) is 7.50. The molecule has 0 bridgehead atoms. The summed E-state index contributed by atoms with van der Waals surface area (Å²) < 4.78 is 10.3. The zero-order valence-corrected chi connectivity index (χ0v) is 7.50. The van der Waals surface area contributed by atoms with Crippen molar-refractivity contribution in [1.29, 1.82) is 0 Å². The maximum Gasteiger partial charge on any atom is 0.338 e. The second-order valence-electron chi connectivity index (χ2n) is 2.80. The van der Waals surface area contributed by atoms with E-state index < -0.39 is 0 Å². The minimum atomic E-state index is -0.382. The summed E-state index contributed by atoms with van der Waals surface area (Å²) in [5.74, 6) is -0.319. The molecule has 68 valence electrons. The molecule has 1 aliphatic rings. The first-order valence-corrected chi connectivity index (χ1v) is 4.24. The molecule has 0 N–H and O–H groups in total. The predicted molar refractivity (Wildman–Crippen MR) is 44.5 cm³/mol. The van der Waals surface area contributed by atoms with E-state index in [1.54, 1.807) is 0 Å². The van der Waals surface area contributed by atoms with E-state index in [1.807, 2.05) is 13.8 Å². The summed E-state index contributed by atoms with van der Waals surface area (Å²) in [6.07, 6.45) is 0.920. The minimum absolute atomic E-state index is 0.156. The SMILES string of the molecule is C=C1C(=O)OC(CC)OC1CC. The normalized spacial score (nSPS) is 30.2. The summed E-state index contributed by atoms with van der Waals surface area (Å²) >= 11 is 0. The Hall–Kier alpha value is -0.830. The molecule has 1 aliphatic heterocycles. The van der Waals surface area contributed by atoms with Gasteiger partial charge in [-0.05, 0) is 6.42 Å². The summed E-state index contributed by atoms with van der Waals surface area (Å²) in [5.41, 5.74) is 0.433. The third-order valence-corrected chi connectivity index (χ3v) is 1.91. The van der Waals surface area contributed by atoms with Gasteiger partial charge in [0.05, 0.1) is 11.7 Å². The number of rotatable bonds is 2. The van der Waals surface area contributed by atoms with Crippen molar-refractivity contribution in [3.8, 4) is 0 Å². The zero-order chi connectivity index (χ0) is 9.14. The lowest BCUT2D eigenvalue weighted by molar-refractivity contribution is -0.200. The van der Waals surface area contributed by atoms with E-state index in [-0.39, 0.29) is 18.4 Å². The van der Waals surface area contributed by atoms with Gasteiger partial charge in [-0.1, -0.05) is 20.4 Å². The lowest BCUT2D eigenvalue weighted by atomic mass is 10.1. The molecular formula is C9H14O3. The van der Waals surface area contributed by atoms with Crippen LogP contribution in [-0.2, 0) is 14.3 Å². The highest BCUT2D eigenvalue weighted by Crippen LogP contribution is 2.21. The molecule has 1 heterocycles. The van der Waals surface area contributed by atoms with E-state index in [4.69, 9.17) is 9.47 Å². The molecule has 12 heavy (non-hydrogen) atoms. The van der Waals surface area contributed by atoms with Crippen LogP contribution in [0.1, 0.15) is 26.7 Å². The average Bonchev–Trinajstić information content (AvgIpc) is 2.09. The summed E-state index contributed by atoms with van der Waals surface area (Å²) in [5, 5.41) is 0. The van der Waals surface area contributed by atoms with Gasteiger partial charge in [0, 0.05) is 6.42 Å². The quantitative estimate of drug-likeness (QED) is 0.466. The third-order valence-electron chi connectivity index (χ3n) is 1.91. The molecule has 1 rings (SSSR count). The van der Waals surface area contributed by atoms with Gasteiger partial charge in [0.1, 0.15) is 0 Å². The van der Waals surface area contributed by atoms with Crippen LogP contribution >= 0.6 is 0 Å². The number of ether oxygens (including phenoxy) is 2. The molecule has 0 aromatic heterocycles. The highest BCUT2D eigenvalue weighted by atomic mass is 16.7. The Labute approximate surface area is 72.4 Å². The maximum absolute atomic E-state index is 11.1. The Kier molecular flexibility index (Phi) is 2.87. The van der Waals surface area contributed by atoms with Crippen LogP contribution in [-0.4, -0.2) is 18.4 Å². The van der Waals surface area contributed by atoms with E-state index in [0.717, 1.165) is 6.42 Å². The average molecular weight is 170 g/mol. The first kappa shape index (κ1) is 9.26. The van der Waals surface area contributed by atoms with Gasteiger partial charge >= 0.3 is 5.97 Å². The molecule has 0 aromatic carbocycles. The summed E-state index contributed by atoms with van der Waals surface area (Å²) in [7, 11) is 0. The van der Waals surface area contributed by atoms with Crippen molar-refractivity contribution in [2.75, 3.05) is 0 Å². The Morgan fingerprint density at radius 3 is 2.58 bits per heavy atom. The molecule has 0 aromatic rings. The molecule has 0 spiro atoms. The van der Waals surface area contributed by atoms with Crippen molar-refractivity contribution < 1.29 is 14.3 Å². The smallest absolute Gasteiger partial charge is 0.338 e. The highest BCUT2D eigenvalue weighted by Gasteiger charge is 2.30. The molecule has 1 fully saturated rings. The van der Waals surface area contributed by atoms with Gasteiger partial charge in [0.25, 0.3) is 0 Å². The van der Waals surface area contributed by atoms with Crippen LogP contribution in [0, 0.1) is 0 Å². The number of hydrogen-bond donors (Lipinski definition) is 0. The molecule has 1 saturated heterocycles. The first-order chi connectivity index (χ1) is 5.69. The highest BCUT2D eigenvalue weighted by molar-refractivity contribution is 5.89. The van der Waals surface area contributed by atoms with Crippen molar-refractivity contribution in [3.63, 3.8) is 0 Å². The topological polar surface area (TPSA) is 35.5 Å². The van der Waals surface area contributed by atoms with E-state index in [1.165, 1.54) is 0 Å². The molecule has 3 nitrogen and oxygen atoms in total. The van der Waals surface area contributed by atoms with Crippen LogP contribution < -0.4 is 0 Å². The Bertz CT molecular complexity index is 198. The van der Waals surface area contributed by atoms with Gasteiger partial charge in [-0.2, -0.15) is 0 Å². The number of cyclic esters (lactones) is 1. The lowest BCUT2D eigenvalue weighted by Crippen LogP contribution is -2.36. The van der Waals surface area contributed by atoms with Crippen LogP contribution in [0.4, 0.5) is 0 Å². The fraction of sp³-hybridized carbons (Fsp3) is 0.667. The maximum atomic E-state index is 11.1. The van der Waals surface area contributed by atoms with Crippen LogP contribution in [0.2, 0.25) is 0 Å². The molecular weight excluding hydrogens is 156 g/mol. The lowest BCUT2D eigenvalue weighted by Gasteiger charge is -2.29. The van der Waals surface area contributed by atoms with E-state index in [0.29, 0.717) is 12.0 Å². The van der Waals surface area contributed by atoms with Gasteiger partial charge in [0.15, 0.2) is 0 Å². The van der Waals surface area contributed by atoms with Gasteiger partial charge in [-0.15, -0.1) is 0 Å². The van der Waals surface area contributed by atoms with Crippen molar-refractivity contribution in [2.24, 2.45) is 0 Å². The Morgan fingerprint density at radius 2 is 2.08 bits per heavy atom. The fourth-order valence-corrected chi connectivity index (χ4v) is 1.14. The summed E-state index contributed by atoms with van der Waals surface area (Å²) in [4.78, 5) is 11.1. The standard InChI is InChI=1S/C9H14O3/c1-4-7-6(3)9(10)12-8(5-2)11-7/h7-8H,3-5H2,1-2H3. The summed E-state index contributed by atoms with van der Waals surface area (Å²) in [6, 6.07) is 0. The van der Waals surface area contributed by atoms with Crippen LogP contribution in [0.25, 0.3) is 0 Å². The van der Waals surface area contributed by atoms with Gasteiger partial charge in [0.2, 0.25) is 6.29 Å². The molecule has 2 unspecified atom stereocenters. The number of hydrogen-bond acceptors (Lipinski definition) is 3. The van der Waals surface area contributed by atoms with Crippen LogP contribution in [0.3, 0.4) is 0 Å². The fourth-order valence-electron chi connectivity index (χ4n) is 1.14. The van der Waals surface area contributed by atoms with Gasteiger partial charge in [-0.25, -0.2) is 4.79 Å². The van der Waals surface area contributed by atoms with Gasteiger partial charge < -0.3 is 9.47 Å². The monoisotopic (exact) mass is 170 g/mol. The van der Waals surface area contributed by atoms with Crippen molar-refractivity contribution in [1.82, 2.24) is 0 Å². The third kappa shape index (κ3) is 1.67. The predicted octanol–water partition coefficient (Wildman–Crippen LogP) is 1.63. The second-order valence-corrected chi connectivity index (χ2v) is 2.80. The molecule has 3 heteroatoms.